The van der Waals surface area contributed by atoms with E-state index in [1.54, 1.807) is 10.8 Å². The second kappa shape index (κ2) is 7.52. The third-order valence-corrected chi connectivity index (χ3v) is 5.26. The lowest BCUT2D eigenvalue weighted by Gasteiger charge is -2.22. The van der Waals surface area contributed by atoms with Crippen LogP contribution in [0, 0.1) is 6.92 Å². The van der Waals surface area contributed by atoms with Crippen LogP contribution in [0.1, 0.15) is 11.1 Å². The number of nitrogens with zero attached hydrogens (tertiary/aromatic N) is 2. The Hall–Kier alpha value is -3.86. The molecule has 0 radical (unpaired) electrons. The highest BCUT2D eigenvalue weighted by molar-refractivity contribution is 5.90. The molecule has 5 nitrogen and oxygen atoms in total. The fourth-order valence-electron chi connectivity index (χ4n) is 3.77. The van der Waals surface area contributed by atoms with E-state index in [-0.39, 0.29) is 12.2 Å². The molecule has 0 amide bonds. The molecular weight excluding hydrogens is 376 g/mol. The van der Waals surface area contributed by atoms with E-state index in [2.05, 4.69) is 4.98 Å². The molecule has 0 unspecified atom stereocenters. The molecule has 2 aromatic carbocycles. The lowest BCUT2D eigenvalue weighted by molar-refractivity contribution is 0.343. The maximum atomic E-state index is 13.7. The molecular formula is C25H20N2O3. The Labute approximate surface area is 173 Å². The van der Waals surface area contributed by atoms with Gasteiger partial charge in [0.05, 0.1) is 16.6 Å². The second-order valence-electron chi connectivity index (χ2n) is 7.15. The number of hydrogen-bond donors (Lipinski definition) is 0. The number of rotatable bonds is 4. The van der Waals surface area contributed by atoms with Gasteiger partial charge in [-0.3, -0.25) is 9.36 Å². The highest BCUT2D eigenvalue weighted by Crippen LogP contribution is 2.34. The first-order chi connectivity index (χ1) is 14.7. The quantitative estimate of drug-likeness (QED) is 0.508. The molecule has 0 saturated heterocycles. The maximum Gasteiger partial charge on any atom is 0.268 e. The second-order valence-corrected chi connectivity index (χ2v) is 7.15. The topological polar surface area (TPSA) is 53.4 Å². The number of ether oxygens (including phenoxy) is 2. The molecule has 0 fully saturated rings. The lowest BCUT2D eigenvalue weighted by Crippen LogP contribution is -2.27. The molecule has 0 atom stereocenters. The first-order valence-corrected chi connectivity index (χ1v) is 9.84. The number of para-hydroxylation sites is 2. The molecule has 5 rings (SSSR count). The third kappa shape index (κ3) is 3.05. The van der Waals surface area contributed by atoms with Crippen LogP contribution >= 0.6 is 0 Å². The van der Waals surface area contributed by atoms with Gasteiger partial charge in [-0.1, -0.05) is 36.4 Å². The van der Waals surface area contributed by atoms with Crippen LogP contribution in [0.4, 0.5) is 0 Å². The lowest BCUT2D eigenvalue weighted by atomic mass is 10.0. The standard InChI is InChI=1S/C25H20N2O3/c1-17-8-5-6-12-21(17)30-16-18-13-15-29-23-20-11-7-14-26-24(20)27(25(28)22(18)23)19-9-3-2-4-10-19/h2-14H,15-16H2,1H3. The Bertz CT molecular complexity index is 1320. The molecule has 0 aliphatic carbocycles. The number of fused-ring (bicyclic) bond motifs is 3. The van der Waals surface area contributed by atoms with E-state index < -0.39 is 0 Å². The van der Waals surface area contributed by atoms with Crippen LogP contribution in [0.25, 0.3) is 22.3 Å². The zero-order valence-electron chi connectivity index (χ0n) is 16.5. The summed E-state index contributed by atoms with van der Waals surface area (Å²) in [7, 11) is 0. The Morgan fingerprint density at radius 2 is 1.83 bits per heavy atom. The Kier molecular flexibility index (Phi) is 4.56. The highest BCUT2D eigenvalue weighted by atomic mass is 16.5. The van der Waals surface area contributed by atoms with Crippen LogP contribution in [-0.4, -0.2) is 22.8 Å². The van der Waals surface area contributed by atoms with Gasteiger partial charge in [0, 0.05) is 11.8 Å². The molecule has 5 heteroatoms. The Balaban J connectivity index is 1.67. The number of benzene rings is 2. The molecule has 2 aromatic heterocycles. The van der Waals surface area contributed by atoms with Crippen LogP contribution in [0.3, 0.4) is 0 Å². The molecule has 0 N–H and O–H groups in total. The van der Waals surface area contributed by atoms with Crippen molar-refractivity contribution in [3.05, 3.63) is 100 Å². The van der Waals surface area contributed by atoms with Crippen LogP contribution in [0.15, 0.2) is 83.8 Å². The minimum atomic E-state index is -0.165. The van der Waals surface area contributed by atoms with Gasteiger partial charge in [-0.2, -0.15) is 0 Å². The van der Waals surface area contributed by atoms with Crippen molar-refractivity contribution in [2.75, 3.05) is 13.2 Å². The van der Waals surface area contributed by atoms with Crippen molar-refractivity contribution >= 4 is 16.6 Å². The van der Waals surface area contributed by atoms with Crippen LogP contribution in [0.5, 0.6) is 11.5 Å². The SMILES string of the molecule is Cc1ccccc1OCC1=CCOc2c1c(=O)n(-c1ccccc1)c1ncccc21. The maximum absolute atomic E-state index is 13.7. The van der Waals surface area contributed by atoms with Gasteiger partial charge in [-0.15, -0.1) is 0 Å². The largest absolute Gasteiger partial charge is 0.489 e. The summed E-state index contributed by atoms with van der Waals surface area (Å²) in [6.07, 6.45) is 3.61. The molecule has 3 heterocycles. The molecule has 0 spiro atoms. The normalized spacial score (nSPS) is 12.8. The molecule has 30 heavy (non-hydrogen) atoms. The molecule has 1 aliphatic heterocycles. The van der Waals surface area contributed by atoms with E-state index in [9.17, 15) is 4.79 Å². The minimum absolute atomic E-state index is 0.165. The van der Waals surface area contributed by atoms with Crippen LogP contribution < -0.4 is 15.0 Å². The van der Waals surface area contributed by atoms with Gasteiger partial charge in [-0.05, 0) is 48.9 Å². The van der Waals surface area contributed by atoms with Gasteiger partial charge < -0.3 is 9.47 Å². The monoisotopic (exact) mass is 396 g/mol. The van der Waals surface area contributed by atoms with Crippen molar-refractivity contribution in [2.45, 2.75) is 6.92 Å². The van der Waals surface area contributed by atoms with Crippen molar-refractivity contribution in [2.24, 2.45) is 0 Å². The van der Waals surface area contributed by atoms with E-state index in [4.69, 9.17) is 9.47 Å². The number of aryl methyl sites for hydroxylation is 1. The van der Waals surface area contributed by atoms with E-state index in [0.717, 1.165) is 28.0 Å². The number of pyridine rings is 2. The van der Waals surface area contributed by atoms with Crippen molar-refractivity contribution < 1.29 is 9.47 Å². The number of hydrogen-bond acceptors (Lipinski definition) is 4. The van der Waals surface area contributed by atoms with Crippen molar-refractivity contribution in [3.8, 4) is 17.2 Å². The minimum Gasteiger partial charge on any atom is -0.489 e. The Morgan fingerprint density at radius 3 is 2.67 bits per heavy atom. The van der Waals surface area contributed by atoms with Crippen LogP contribution in [-0.2, 0) is 0 Å². The molecule has 1 aliphatic rings. The summed E-state index contributed by atoms with van der Waals surface area (Å²) in [6.45, 7) is 2.68. The van der Waals surface area contributed by atoms with Crippen LogP contribution in [0.2, 0.25) is 0 Å². The average Bonchev–Trinajstić information content (AvgIpc) is 2.79. The van der Waals surface area contributed by atoms with E-state index in [1.807, 2.05) is 79.7 Å². The van der Waals surface area contributed by atoms with E-state index in [0.29, 0.717) is 23.6 Å². The zero-order chi connectivity index (χ0) is 20.5. The highest BCUT2D eigenvalue weighted by Gasteiger charge is 2.25. The van der Waals surface area contributed by atoms with Crippen molar-refractivity contribution in [1.29, 1.82) is 0 Å². The van der Waals surface area contributed by atoms with Gasteiger partial charge >= 0.3 is 0 Å². The fourth-order valence-corrected chi connectivity index (χ4v) is 3.77. The first kappa shape index (κ1) is 18.2. The van der Waals surface area contributed by atoms with Crippen molar-refractivity contribution in [1.82, 2.24) is 9.55 Å². The first-order valence-electron chi connectivity index (χ1n) is 9.84. The molecule has 0 saturated carbocycles. The van der Waals surface area contributed by atoms with Gasteiger partial charge in [0.25, 0.3) is 5.56 Å². The Morgan fingerprint density at radius 1 is 1.03 bits per heavy atom. The molecule has 4 aromatic rings. The summed E-state index contributed by atoms with van der Waals surface area (Å²) in [5, 5.41) is 0.803. The van der Waals surface area contributed by atoms with Gasteiger partial charge in [0.15, 0.2) is 5.65 Å². The summed E-state index contributed by atoms with van der Waals surface area (Å²) >= 11 is 0. The third-order valence-electron chi connectivity index (χ3n) is 5.26. The predicted molar refractivity (Wildman–Crippen MR) is 117 cm³/mol. The van der Waals surface area contributed by atoms with Gasteiger partial charge in [0.1, 0.15) is 24.7 Å². The van der Waals surface area contributed by atoms with Gasteiger partial charge in [0.2, 0.25) is 0 Å². The summed E-state index contributed by atoms with van der Waals surface area (Å²) < 4.78 is 13.6. The fraction of sp³-hybridized carbons (Fsp3) is 0.120. The molecule has 148 valence electrons. The number of aromatic nitrogens is 2. The summed E-state index contributed by atoms with van der Waals surface area (Å²) in [6, 6.07) is 21.2. The summed E-state index contributed by atoms with van der Waals surface area (Å²) in [5.74, 6) is 1.37. The van der Waals surface area contributed by atoms with Gasteiger partial charge in [-0.25, -0.2) is 4.98 Å². The summed E-state index contributed by atoms with van der Waals surface area (Å²) in [4.78, 5) is 18.2. The van der Waals surface area contributed by atoms with E-state index in [1.165, 1.54) is 0 Å². The zero-order valence-corrected chi connectivity index (χ0v) is 16.5. The summed E-state index contributed by atoms with van der Waals surface area (Å²) in [5.41, 5.74) is 3.57. The van der Waals surface area contributed by atoms with E-state index >= 15 is 0 Å². The predicted octanol–water partition coefficient (Wildman–Crippen LogP) is 4.55. The average molecular weight is 396 g/mol. The molecule has 0 bridgehead atoms. The van der Waals surface area contributed by atoms with Crippen molar-refractivity contribution in [3.63, 3.8) is 0 Å². The smallest absolute Gasteiger partial charge is 0.268 e.